The van der Waals surface area contributed by atoms with Crippen molar-refractivity contribution in [2.24, 2.45) is 5.92 Å². The zero-order valence-electron chi connectivity index (χ0n) is 11.6. The van der Waals surface area contributed by atoms with Gasteiger partial charge in [-0.05, 0) is 38.2 Å². The molecule has 1 fully saturated rings. The monoisotopic (exact) mass is 263 g/mol. The third-order valence-corrected chi connectivity index (χ3v) is 3.87. The highest BCUT2D eigenvalue weighted by atomic mass is 16.4. The zero-order chi connectivity index (χ0) is 14.2. The summed E-state index contributed by atoms with van der Waals surface area (Å²) >= 11 is 0. The molecule has 1 saturated heterocycles. The molecule has 2 unspecified atom stereocenters. The highest BCUT2D eigenvalue weighted by Crippen LogP contribution is 2.28. The number of nitrogens with two attached hydrogens (primary N) is 1. The van der Waals surface area contributed by atoms with Crippen LogP contribution in [-0.2, 0) is 0 Å². The van der Waals surface area contributed by atoms with Crippen molar-refractivity contribution in [2.75, 3.05) is 37.8 Å². The van der Waals surface area contributed by atoms with Crippen LogP contribution in [0.2, 0.25) is 0 Å². The lowest BCUT2D eigenvalue weighted by molar-refractivity contribution is 0.0698. The Balaban J connectivity index is 2.20. The van der Waals surface area contributed by atoms with Gasteiger partial charge >= 0.3 is 5.97 Å². The van der Waals surface area contributed by atoms with Crippen LogP contribution in [0.1, 0.15) is 17.3 Å². The minimum absolute atomic E-state index is 0.167. The summed E-state index contributed by atoms with van der Waals surface area (Å²) in [5.41, 5.74) is 7.29. The first kappa shape index (κ1) is 13.7. The average Bonchev–Trinajstić information content (AvgIpc) is 2.70. The number of carboxylic acid groups (broad SMARTS) is 1. The van der Waals surface area contributed by atoms with Crippen molar-refractivity contribution in [1.29, 1.82) is 0 Å². The molecule has 5 heteroatoms. The first-order valence-corrected chi connectivity index (χ1v) is 6.44. The van der Waals surface area contributed by atoms with Gasteiger partial charge < -0.3 is 20.6 Å². The highest BCUT2D eigenvalue weighted by molar-refractivity contribution is 5.94. The van der Waals surface area contributed by atoms with E-state index in [0.29, 0.717) is 17.6 Å². The molecule has 3 N–H and O–H groups in total. The van der Waals surface area contributed by atoms with Gasteiger partial charge in [-0.25, -0.2) is 4.79 Å². The average molecular weight is 263 g/mol. The van der Waals surface area contributed by atoms with Crippen LogP contribution in [0.25, 0.3) is 0 Å². The molecule has 1 heterocycles. The second-order valence-corrected chi connectivity index (χ2v) is 5.49. The van der Waals surface area contributed by atoms with E-state index in [0.717, 1.165) is 18.8 Å². The number of benzene rings is 1. The van der Waals surface area contributed by atoms with Crippen LogP contribution < -0.4 is 10.6 Å². The fourth-order valence-corrected chi connectivity index (χ4v) is 2.77. The number of likely N-dealkylation sites (N-methyl/N-ethyl adjacent to an activating group) is 1. The number of nitrogen functional groups attached to an aromatic ring is 1. The summed E-state index contributed by atoms with van der Waals surface area (Å²) in [6.07, 6.45) is 0. The lowest BCUT2D eigenvalue weighted by Crippen LogP contribution is -2.34. The minimum Gasteiger partial charge on any atom is -0.478 e. The number of aromatic carboxylic acids is 1. The predicted octanol–water partition coefficient (Wildman–Crippen LogP) is 1.35. The Kier molecular flexibility index (Phi) is 3.66. The Hall–Kier alpha value is -1.75. The summed E-state index contributed by atoms with van der Waals surface area (Å²) in [5, 5.41) is 8.98. The molecule has 1 aliphatic rings. The van der Waals surface area contributed by atoms with Crippen LogP contribution >= 0.6 is 0 Å². The van der Waals surface area contributed by atoms with E-state index in [4.69, 9.17) is 10.8 Å². The number of nitrogens with zero attached hydrogens (tertiary/aromatic N) is 2. The van der Waals surface area contributed by atoms with Gasteiger partial charge in [0, 0.05) is 30.5 Å². The van der Waals surface area contributed by atoms with Crippen LogP contribution in [0, 0.1) is 5.92 Å². The van der Waals surface area contributed by atoms with Gasteiger partial charge in [0.1, 0.15) is 0 Å². The van der Waals surface area contributed by atoms with Crippen LogP contribution in [0.4, 0.5) is 11.4 Å². The van der Waals surface area contributed by atoms with Crippen molar-refractivity contribution >= 4 is 17.3 Å². The van der Waals surface area contributed by atoms with Gasteiger partial charge in [-0.1, -0.05) is 6.92 Å². The van der Waals surface area contributed by atoms with Crippen LogP contribution in [0.15, 0.2) is 18.2 Å². The van der Waals surface area contributed by atoms with Crippen molar-refractivity contribution in [3.63, 3.8) is 0 Å². The molecule has 0 aliphatic carbocycles. The molecule has 0 saturated carbocycles. The molecule has 2 atom stereocenters. The molecule has 0 bridgehead atoms. The summed E-state index contributed by atoms with van der Waals surface area (Å²) in [4.78, 5) is 15.4. The zero-order valence-corrected chi connectivity index (χ0v) is 11.6. The Morgan fingerprint density at radius 1 is 1.42 bits per heavy atom. The highest BCUT2D eigenvalue weighted by Gasteiger charge is 2.31. The molecule has 2 rings (SSSR count). The summed E-state index contributed by atoms with van der Waals surface area (Å²) in [6, 6.07) is 5.69. The van der Waals surface area contributed by atoms with Crippen molar-refractivity contribution < 1.29 is 9.90 Å². The van der Waals surface area contributed by atoms with Gasteiger partial charge in [0.15, 0.2) is 0 Å². The number of carbonyl (C=O) groups is 1. The molecule has 19 heavy (non-hydrogen) atoms. The quantitative estimate of drug-likeness (QED) is 0.806. The van der Waals surface area contributed by atoms with Gasteiger partial charge in [-0.2, -0.15) is 0 Å². The maximum Gasteiger partial charge on any atom is 0.337 e. The standard InChI is InChI=1S/C14H21N3O2/c1-9-7-17(8-13(9)16(2)3)10-4-5-11(14(18)19)12(15)6-10/h4-6,9,13H,7-8,15H2,1-3H3,(H,18,19). The predicted molar refractivity (Wildman–Crippen MR) is 76.7 cm³/mol. The largest absolute Gasteiger partial charge is 0.478 e. The molecule has 0 spiro atoms. The van der Waals surface area contributed by atoms with E-state index in [1.807, 2.05) is 6.07 Å². The number of carboxylic acids is 1. The van der Waals surface area contributed by atoms with Crippen molar-refractivity contribution in [3.8, 4) is 0 Å². The van der Waals surface area contributed by atoms with Gasteiger partial charge in [-0.15, -0.1) is 0 Å². The van der Waals surface area contributed by atoms with Crippen molar-refractivity contribution in [2.45, 2.75) is 13.0 Å². The van der Waals surface area contributed by atoms with Crippen molar-refractivity contribution in [3.05, 3.63) is 23.8 Å². The topological polar surface area (TPSA) is 69.8 Å². The maximum atomic E-state index is 10.9. The Labute approximate surface area is 113 Å². The first-order chi connectivity index (χ1) is 8.90. The Morgan fingerprint density at radius 3 is 2.58 bits per heavy atom. The fraction of sp³-hybridized carbons (Fsp3) is 0.500. The second kappa shape index (κ2) is 5.09. The molecule has 1 aromatic carbocycles. The van der Waals surface area contributed by atoms with Gasteiger partial charge in [0.25, 0.3) is 0 Å². The lowest BCUT2D eigenvalue weighted by atomic mass is 10.1. The third-order valence-electron chi connectivity index (χ3n) is 3.87. The van der Waals surface area contributed by atoms with E-state index < -0.39 is 5.97 Å². The first-order valence-electron chi connectivity index (χ1n) is 6.44. The number of hydrogen-bond acceptors (Lipinski definition) is 4. The molecule has 1 aromatic rings. The van der Waals surface area contributed by atoms with E-state index in [9.17, 15) is 4.79 Å². The van der Waals surface area contributed by atoms with E-state index in [1.54, 1.807) is 12.1 Å². The van der Waals surface area contributed by atoms with Gasteiger partial charge in [0.2, 0.25) is 0 Å². The van der Waals surface area contributed by atoms with Gasteiger partial charge in [-0.3, -0.25) is 0 Å². The number of rotatable bonds is 3. The third kappa shape index (κ3) is 2.66. The summed E-state index contributed by atoms with van der Waals surface area (Å²) < 4.78 is 0. The SMILES string of the molecule is CC1CN(c2ccc(C(=O)O)c(N)c2)CC1N(C)C. The minimum atomic E-state index is -0.981. The number of anilines is 2. The van der Waals surface area contributed by atoms with E-state index in [2.05, 4.69) is 30.8 Å². The molecule has 5 nitrogen and oxygen atoms in total. The van der Waals surface area contributed by atoms with Crippen molar-refractivity contribution in [1.82, 2.24) is 4.90 Å². The maximum absolute atomic E-state index is 10.9. The van der Waals surface area contributed by atoms with E-state index in [-0.39, 0.29) is 5.56 Å². The number of hydrogen-bond donors (Lipinski definition) is 2. The second-order valence-electron chi connectivity index (χ2n) is 5.49. The fourth-order valence-electron chi connectivity index (χ4n) is 2.77. The molecule has 0 amide bonds. The van der Waals surface area contributed by atoms with E-state index in [1.165, 1.54) is 0 Å². The molecule has 104 valence electrons. The van der Waals surface area contributed by atoms with Crippen LogP contribution in [0.3, 0.4) is 0 Å². The molecule has 0 aromatic heterocycles. The van der Waals surface area contributed by atoms with Crippen LogP contribution in [-0.4, -0.2) is 49.2 Å². The summed E-state index contributed by atoms with van der Waals surface area (Å²) in [7, 11) is 4.18. The Morgan fingerprint density at radius 2 is 2.11 bits per heavy atom. The molecular weight excluding hydrogens is 242 g/mol. The van der Waals surface area contributed by atoms with Crippen LogP contribution in [0.5, 0.6) is 0 Å². The molecular formula is C14H21N3O2. The molecule has 0 radical (unpaired) electrons. The molecule has 1 aliphatic heterocycles. The lowest BCUT2D eigenvalue weighted by Gasteiger charge is -2.23. The summed E-state index contributed by atoms with van der Waals surface area (Å²) in [6.45, 7) is 4.15. The van der Waals surface area contributed by atoms with E-state index >= 15 is 0 Å². The van der Waals surface area contributed by atoms with Gasteiger partial charge in [0.05, 0.1) is 5.56 Å². The Bertz CT molecular complexity index is 488. The summed E-state index contributed by atoms with van der Waals surface area (Å²) in [5.74, 6) is -0.402. The smallest absolute Gasteiger partial charge is 0.337 e. The normalized spacial score (nSPS) is 23.1.